The van der Waals surface area contributed by atoms with E-state index in [4.69, 9.17) is 4.99 Å². The maximum Gasteiger partial charge on any atom is 0.193 e. The molecule has 0 unspecified atom stereocenters. The molecule has 2 fully saturated rings. The fraction of sp³-hybridized carbons (Fsp3) is 0.833. The highest BCUT2D eigenvalue weighted by molar-refractivity contribution is 14.0. The molecule has 0 radical (unpaired) electrons. The summed E-state index contributed by atoms with van der Waals surface area (Å²) in [6, 6.07) is 0.865. The molecular formula is C18H35IN4. The Hall–Kier alpha value is -0.300. The van der Waals surface area contributed by atoms with Crippen molar-refractivity contribution in [3.63, 3.8) is 0 Å². The van der Waals surface area contributed by atoms with Crippen molar-refractivity contribution in [1.82, 2.24) is 15.1 Å². The molecule has 2 saturated carbocycles. The lowest BCUT2D eigenvalue weighted by Crippen LogP contribution is -2.40. The Kier molecular flexibility index (Phi) is 10.2. The number of hydrogen-bond acceptors (Lipinski definition) is 2. The number of nitrogens with zero attached hydrogens (tertiary/aromatic N) is 3. The standard InChI is InChI=1S/C18H34N4.HI/c1-4-6-7-13-21(3)18(19-5-2)20-12-14-22(17-10-11-17)15-16-8-9-16;/h4,16-17H,1,5-15H2,2-3H3,(H,19,20);1H. The summed E-state index contributed by atoms with van der Waals surface area (Å²) in [4.78, 5) is 9.76. The smallest absolute Gasteiger partial charge is 0.193 e. The third-order valence-electron chi connectivity index (χ3n) is 4.50. The number of nitrogens with one attached hydrogen (secondary N) is 1. The zero-order chi connectivity index (χ0) is 15.8. The molecule has 1 N–H and O–H groups in total. The molecule has 23 heavy (non-hydrogen) atoms. The van der Waals surface area contributed by atoms with Crippen LogP contribution in [0.1, 0.15) is 45.4 Å². The zero-order valence-electron chi connectivity index (χ0n) is 15.0. The summed E-state index contributed by atoms with van der Waals surface area (Å²) in [6.07, 6.45) is 9.89. The van der Waals surface area contributed by atoms with Gasteiger partial charge in [0, 0.05) is 39.3 Å². The average Bonchev–Trinajstić information content (AvgIpc) is 3.38. The molecular weight excluding hydrogens is 399 g/mol. The van der Waals surface area contributed by atoms with Gasteiger partial charge in [0.1, 0.15) is 0 Å². The molecule has 0 aromatic heterocycles. The van der Waals surface area contributed by atoms with Gasteiger partial charge in [0.15, 0.2) is 5.96 Å². The molecule has 0 aromatic rings. The van der Waals surface area contributed by atoms with Gasteiger partial charge in [-0.15, -0.1) is 30.6 Å². The lowest BCUT2D eigenvalue weighted by molar-refractivity contribution is 0.259. The molecule has 0 saturated heterocycles. The largest absolute Gasteiger partial charge is 0.357 e. The van der Waals surface area contributed by atoms with E-state index >= 15 is 0 Å². The molecule has 134 valence electrons. The number of halogens is 1. The number of allylic oxidation sites excluding steroid dienone is 1. The molecule has 0 aromatic carbocycles. The predicted molar refractivity (Wildman–Crippen MR) is 111 cm³/mol. The van der Waals surface area contributed by atoms with E-state index in [1.807, 2.05) is 6.08 Å². The van der Waals surface area contributed by atoms with Crippen LogP contribution in [0.5, 0.6) is 0 Å². The summed E-state index contributed by atoms with van der Waals surface area (Å²) in [5.74, 6) is 2.04. The van der Waals surface area contributed by atoms with Crippen molar-refractivity contribution >= 4 is 29.9 Å². The van der Waals surface area contributed by atoms with Crippen LogP contribution in [0.4, 0.5) is 0 Å². The highest BCUT2D eigenvalue weighted by Crippen LogP contribution is 2.34. The Morgan fingerprint density at radius 1 is 1.26 bits per heavy atom. The van der Waals surface area contributed by atoms with Crippen LogP contribution in [0.2, 0.25) is 0 Å². The van der Waals surface area contributed by atoms with Gasteiger partial charge in [0.2, 0.25) is 0 Å². The quantitative estimate of drug-likeness (QED) is 0.178. The number of unbranched alkanes of at least 4 members (excludes halogenated alkanes) is 1. The van der Waals surface area contributed by atoms with E-state index in [9.17, 15) is 0 Å². The first-order chi connectivity index (χ1) is 10.7. The second kappa shape index (κ2) is 11.3. The predicted octanol–water partition coefficient (Wildman–Crippen LogP) is 3.34. The van der Waals surface area contributed by atoms with Crippen LogP contribution in [0.15, 0.2) is 17.6 Å². The summed E-state index contributed by atoms with van der Waals surface area (Å²) < 4.78 is 0. The normalized spacial score (nSPS) is 17.8. The Morgan fingerprint density at radius 3 is 2.57 bits per heavy atom. The fourth-order valence-electron chi connectivity index (χ4n) is 2.83. The lowest BCUT2D eigenvalue weighted by Gasteiger charge is -2.24. The maximum atomic E-state index is 4.83. The summed E-state index contributed by atoms with van der Waals surface area (Å²) in [7, 11) is 2.13. The van der Waals surface area contributed by atoms with E-state index in [0.29, 0.717) is 0 Å². The molecule has 2 rings (SSSR count). The van der Waals surface area contributed by atoms with Gasteiger partial charge in [-0.05, 0) is 51.4 Å². The van der Waals surface area contributed by atoms with E-state index in [1.165, 1.54) is 32.2 Å². The fourth-order valence-corrected chi connectivity index (χ4v) is 2.83. The lowest BCUT2D eigenvalue weighted by atomic mass is 10.3. The van der Waals surface area contributed by atoms with Crippen LogP contribution in [0, 0.1) is 5.92 Å². The molecule has 0 bridgehead atoms. The number of rotatable bonds is 11. The van der Waals surface area contributed by atoms with Crippen molar-refractivity contribution in [1.29, 1.82) is 0 Å². The molecule has 0 atom stereocenters. The number of guanidine groups is 1. The third-order valence-corrected chi connectivity index (χ3v) is 4.50. The highest BCUT2D eigenvalue weighted by Gasteiger charge is 2.33. The molecule has 0 spiro atoms. The molecule has 5 heteroatoms. The second-order valence-corrected chi connectivity index (χ2v) is 6.76. The van der Waals surface area contributed by atoms with E-state index in [1.54, 1.807) is 0 Å². The van der Waals surface area contributed by atoms with Crippen LogP contribution >= 0.6 is 24.0 Å². The molecule has 4 nitrogen and oxygen atoms in total. The van der Waals surface area contributed by atoms with Gasteiger partial charge in [-0.1, -0.05) is 6.08 Å². The van der Waals surface area contributed by atoms with Crippen molar-refractivity contribution in [3.8, 4) is 0 Å². The summed E-state index contributed by atoms with van der Waals surface area (Å²) >= 11 is 0. The SMILES string of the molecule is C=CCCCN(C)C(=NCCN(CC1CC1)C1CC1)NCC.I. The second-order valence-electron chi connectivity index (χ2n) is 6.76. The highest BCUT2D eigenvalue weighted by atomic mass is 127. The van der Waals surface area contributed by atoms with Gasteiger partial charge in [0.05, 0.1) is 6.54 Å². The average molecular weight is 434 g/mol. The third kappa shape index (κ3) is 8.38. The summed E-state index contributed by atoms with van der Waals surface area (Å²) in [5, 5.41) is 3.41. The van der Waals surface area contributed by atoms with E-state index in [-0.39, 0.29) is 24.0 Å². The monoisotopic (exact) mass is 434 g/mol. The first-order valence-corrected chi connectivity index (χ1v) is 9.09. The van der Waals surface area contributed by atoms with E-state index < -0.39 is 0 Å². The topological polar surface area (TPSA) is 30.9 Å². The first kappa shape index (κ1) is 20.7. The van der Waals surface area contributed by atoms with Crippen LogP contribution in [0.25, 0.3) is 0 Å². The number of aliphatic imine (C=N–C) groups is 1. The van der Waals surface area contributed by atoms with Crippen molar-refractivity contribution in [2.45, 2.75) is 51.5 Å². The van der Waals surface area contributed by atoms with Crippen LogP contribution in [0.3, 0.4) is 0 Å². The van der Waals surface area contributed by atoms with Gasteiger partial charge < -0.3 is 10.2 Å². The van der Waals surface area contributed by atoms with Gasteiger partial charge in [-0.25, -0.2) is 0 Å². The Morgan fingerprint density at radius 2 is 2.00 bits per heavy atom. The minimum absolute atomic E-state index is 0. The molecule has 0 heterocycles. The van der Waals surface area contributed by atoms with Crippen molar-refractivity contribution in [2.75, 3.05) is 39.8 Å². The molecule has 0 amide bonds. The Labute approximate surface area is 159 Å². The van der Waals surface area contributed by atoms with Crippen molar-refractivity contribution in [2.24, 2.45) is 10.9 Å². The van der Waals surface area contributed by atoms with Crippen LogP contribution < -0.4 is 5.32 Å². The van der Waals surface area contributed by atoms with Gasteiger partial charge in [0.25, 0.3) is 0 Å². The maximum absolute atomic E-state index is 4.83. The first-order valence-electron chi connectivity index (χ1n) is 9.09. The minimum Gasteiger partial charge on any atom is -0.357 e. The van der Waals surface area contributed by atoms with Gasteiger partial charge in [-0.2, -0.15) is 0 Å². The van der Waals surface area contributed by atoms with E-state index in [2.05, 4.69) is 35.7 Å². The Balaban J connectivity index is 0.00000264. The van der Waals surface area contributed by atoms with Gasteiger partial charge in [-0.3, -0.25) is 9.89 Å². The molecule has 0 aliphatic heterocycles. The zero-order valence-corrected chi connectivity index (χ0v) is 17.3. The van der Waals surface area contributed by atoms with Crippen molar-refractivity contribution < 1.29 is 0 Å². The minimum atomic E-state index is 0. The molecule has 2 aliphatic carbocycles. The van der Waals surface area contributed by atoms with Crippen molar-refractivity contribution in [3.05, 3.63) is 12.7 Å². The summed E-state index contributed by atoms with van der Waals surface area (Å²) in [6.45, 7) is 11.2. The molecule has 2 aliphatic rings. The van der Waals surface area contributed by atoms with Gasteiger partial charge >= 0.3 is 0 Å². The number of hydrogen-bond donors (Lipinski definition) is 1. The van der Waals surface area contributed by atoms with Crippen LogP contribution in [-0.2, 0) is 0 Å². The summed E-state index contributed by atoms with van der Waals surface area (Å²) in [5.41, 5.74) is 0. The Bertz CT molecular complexity index is 364. The van der Waals surface area contributed by atoms with Crippen LogP contribution in [-0.4, -0.2) is 61.6 Å². The van der Waals surface area contributed by atoms with E-state index in [0.717, 1.165) is 56.9 Å².